The summed E-state index contributed by atoms with van der Waals surface area (Å²) >= 11 is 0. The first-order valence-corrected chi connectivity index (χ1v) is 17.6. The monoisotopic (exact) mass is 632 g/mol. The molecular formula is C36H56N8O2. The van der Waals surface area contributed by atoms with E-state index in [-0.39, 0.29) is 11.8 Å². The fourth-order valence-corrected chi connectivity index (χ4v) is 5.47. The van der Waals surface area contributed by atoms with Crippen LogP contribution in [0.5, 0.6) is 0 Å². The van der Waals surface area contributed by atoms with Crippen molar-refractivity contribution in [1.82, 2.24) is 29.7 Å². The lowest BCUT2D eigenvalue weighted by atomic mass is 10.1. The number of piperazine rings is 2. The largest absolute Gasteiger partial charge is 0.337 e. The van der Waals surface area contributed by atoms with Crippen LogP contribution in [0, 0.1) is 0 Å². The summed E-state index contributed by atoms with van der Waals surface area (Å²) in [5.41, 5.74) is 0. The van der Waals surface area contributed by atoms with Gasteiger partial charge >= 0.3 is 0 Å². The highest BCUT2D eigenvalue weighted by molar-refractivity contribution is 5.88. The van der Waals surface area contributed by atoms with E-state index in [0.29, 0.717) is 0 Å². The minimum Gasteiger partial charge on any atom is -0.337 e. The molecular weight excluding hydrogens is 576 g/mol. The van der Waals surface area contributed by atoms with E-state index in [4.69, 9.17) is 0 Å². The van der Waals surface area contributed by atoms with Gasteiger partial charge in [-0.05, 0) is 50.0 Å². The molecule has 4 rings (SSSR count). The fraction of sp³-hybridized carbons (Fsp3) is 0.611. The van der Waals surface area contributed by atoms with E-state index >= 15 is 0 Å². The van der Waals surface area contributed by atoms with Crippen molar-refractivity contribution < 1.29 is 9.59 Å². The molecule has 46 heavy (non-hydrogen) atoms. The zero-order valence-electron chi connectivity index (χ0n) is 28.3. The Morgan fingerprint density at radius 3 is 1.24 bits per heavy atom. The van der Waals surface area contributed by atoms with E-state index in [9.17, 15) is 9.59 Å². The van der Waals surface area contributed by atoms with Crippen LogP contribution in [0.3, 0.4) is 0 Å². The Kier molecular flexibility index (Phi) is 18.0. The molecule has 10 heteroatoms. The van der Waals surface area contributed by atoms with Gasteiger partial charge in [0.05, 0.1) is 0 Å². The molecule has 0 bridgehead atoms. The van der Waals surface area contributed by atoms with Gasteiger partial charge in [-0.25, -0.2) is 19.9 Å². The maximum absolute atomic E-state index is 12.2. The zero-order valence-corrected chi connectivity index (χ0v) is 28.3. The Morgan fingerprint density at radius 1 is 0.543 bits per heavy atom. The van der Waals surface area contributed by atoms with E-state index in [2.05, 4.69) is 43.6 Å². The summed E-state index contributed by atoms with van der Waals surface area (Å²) in [5, 5.41) is 0. The van der Waals surface area contributed by atoms with Gasteiger partial charge in [0.2, 0.25) is 23.7 Å². The number of hydrogen-bond donors (Lipinski definition) is 0. The van der Waals surface area contributed by atoms with E-state index < -0.39 is 0 Å². The Bertz CT molecular complexity index is 1050. The lowest BCUT2D eigenvalue weighted by Crippen LogP contribution is -2.48. The second-order valence-corrected chi connectivity index (χ2v) is 11.9. The maximum Gasteiger partial charge on any atom is 0.246 e. The van der Waals surface area contributed by atoms with Crippen molar-refractivity contribution in [3.8, 4) is 0 Å². The van der Waals surface area contributed by atoms with E-state index in [1.165, 1.54) is 64.2 Å². The summed E-state index contributed by atoms with van der Waals surface area (Å²) in [6, 6.07) is 3.63. The number of aromatic nitrogens is 4. The second-order valence-electron chi connectivity index (χ2n) is 11.9. The predicted octanol–water partition coefficient (Wildman–Crippen LogP) is 6.08. The third-order valence-electron chi connectivity index (χ3n) is 8.32. The summed E-state index contributed by atoms with van der Waals surface area (Å²) < 4.78 is 0. The average Bonchev–Trinajstić information content (AvgIpc) is 3.12. The van der Waals surface area contributed by atoms with Crippen molar-refractivity contribution >= 4 is 23.7 Å². The first-order valence-electron chi connectivity index (χ1n) is 17.6. The molecule has 2 aliphatic heterocycles. The molecule has 2 fully saturated rings. The number of carbonyl (C=O) groups excluding carboxylic acids is 2. The number of allylic oxidation sites excluding steroid dienone is 2. The number of rotatable bonds is 16. The van der Waals surface area contributed by atoms with Crippen LogP contribution >= 0.6 is 0 Å². The van der Waals surface area contributed by atoms with Crippen LogP contribution < -0.4 is 9.80 Å². The van der Waals surface area contributed by atoms with Gasteiger partial charge in [0.15, 0.2) is 0 Å². The Labute approximate surface area is 277 Å². The summed E-state index contributed by atoms with van der Waals surface area (Å²) in [6.07, 6.45) is 29.3. The van der Waals surface area contributed by atoms with Crippen molar-refractivity contribution in [3.05, 3.63) is 61.2 Å². The fourth-order valence-electron chi connectivity index (χ4n) is 5.47. The van der Waals surface area contributed by atoms with Crippen molar-refractivity contribution in [1.29, 1.82) is 0 Å². The molecule has 2 aromatic rings. The summed E-state index contributed by atoms with van der Waals surface area (Å²) in [4.78, 5) is 49.4. The van der Waals surface area contributed by atoms with Crippen LogP contribution in [0.2, 0.25) is 0 Å². The molecule has 252 valence electrons. The SMILES string of the molecule is CCCCCCC/C=C/C(=O)N1CCN(c2ncccn2)CC1.CCCCCCC/C=C/C(=O)N1CCN(c2ncccn2)CC1. The topological polar surface area (TPSA) is 98.7 Å². The number of hydrogen-bond acceptors (Lipinski definition) is 8. The first kappa shape index (κ1) is 36.6. The van der Waals surface area contributed by atoms with Crippen LogP contribution in [-0.2, 0) is 9.59 Å². The van der Waals surface area contributed by atoms with Gasteiger partial charge in [0.25, 0.3) is 0 Å². The second kappa shape index (κ2) is 22.6. The number of unbranched alkanes of at least 4 members (excludes halogenated alkanes) is 10. The van der Waals surface area contributed by atoms with Gasteiger partial charge in [-0.3, -0.25) is 9.59 Å². The Morgan fingerprint density at radius 2 is 0.891 bits per heavy atom. The average molecular weight is 633 g/mol. The predicted molar refractivity (Wildman–Crippen MR) is 187 cm³/mol. The summed E-state index contributed by atoms with van der Waals surface area (Å²) in [6.45, 7) is 10.6. The lowest BCUT2D eigenvalue weighted by Gasteiger charge is -2.34. The Balaban J connectivity index is 0.000000250. The van der Waals surface area contributed by atoms with Crippen LogP contribution in [-0.4, -0.2) is 93.9 Å². The minimum absolute atomic E-state index is 0.132. The molecule has 2 amide bonds. The van der Waals surface area contributed by atoms with Crippen molar-refractivity contribution in [2.45, 2.75) is 90.9 Å². The van der Waals surface area contributed by atoms with Crippen LogP contribution in [0.25, 0.3) is 0 Å². The zero-order chi connectivity index (χ0) is 32.7. The van der Waals surface area contributed by atoms with Gasteiger partial charge in [-0.2, -0.15) is 0 Å². The van der Waals surface area contributed by atoms with Crippen molar-refractivity contribution in [3.63, 3.8) is 0 Å². The van der Waals surface area contributed by atoms with Crippen molar-refractivity contribution in [2.24, 2.45) is 0 Å². The molecule has 10 nitrogen and oxygen atoms in total. The molecule has 2 saturated heterocycles. The van der Waals surface area contributed by atoms with Gasteiger partial charge in [0, 0.05) is 77.1 Å². The molecule has 0 N–H and O–H groups in total. The number of anilines is 2. The normalized spacial score (nSPS) is 15.3. The molecule has 2 aliphatic rings. The molecule has 4 heterocycles. The highest BCUT2D eigenvalue weighted by Crippen LogP contribution is 2.12. The van der Waals surface area contributed by atoms with Crippen LogP contribution in [0.1, 0.15) is 90.9 Å². The third-order valence-corrected chi connectivity index (χ3v) is 8.32. The highest BCUT2D eigenvalue weighted by atomic mass is 16.2. The standard InChI is InChI=1S/2C18H28N4O/c2*1-2-3-4-5-6-7-8-10-17(23)21-13-15-22(16-14-21)18-19-11-9-12-20-18/h2*8-12H,2-7,13-16H2,1H3/b2*10-8+. The number of nitrogens with zero attached hydrogens (tertiary/aromatic N) is 8. The minimum atomic E-state index is 0.132. The summed E-state index contributed by atoms with van der Waals surface area (Å²) in [7, 11) is 0. The van der Waals surface area contributed by atoms with E-state index in [1.807, 2.05) is 34.1 Å². The van der Waals surface area contributed by atoms with Crippen molar-refractivity contribution in [2.75, 3.05) is 62.2 Å². The van der Waals surface area contributed by atoms with Gasteiger partial charge in [0.1, 0.15) is 0 Å². The van der Waals surface area contributed by atoms with Gasteiger partial charge < -0.3 is 19.6 Å². The van der Waals surface area contributed by atoms with E-state index in [0.717, 1.165) is 77.1 Å². The smallest absolute Gasteiger partial charge is 0.246 e. The maximum atomic E-state index is 12.2. The molecule has 0 unspecified atom stereocenters. The third kappa shape index (κ3) is 14.1. The van der Waals surface area contributed by atoms with E-state index in [1.54, 1.807) is 36.9 Å². The lowest BCUT2D eigenvalue weighted by molar-refractivity contribution is -0.127. The Hall–Kier alpha value is -3.82. The van der Waals surface area contributed by atoms with Gasteiger partial charge in [-0.15, -0.1) is 0 Å². The quantitative estimate of drug-likeness (QED) is 0.162. The van der Waals surface area contributed by atoms with Crippen LogP contribution in [0.15, 0.2) is 61.2 Å². The molecule has 0 spiro atoms. The van der Waals surface area contributed by atoms with Crippen LogP contribution in [0.4, 0.5) is 11.9 Å². The molecule has 0 aliphatic carbocycles. The van der Waals surface area contributed by atoms with Gasteiger partial charge in [-0.1, -0.05) is 77.4 Å². The molecule has 0 radical (unpaired) electrons. The number of amides is 2. The first-order chi connectivity index (χ1) is 22.6. The number of carbonyl (C=O) groups is 2. The molecule has 0 saturated carbocycles. The molecule has 2 aromatic heterocycles. The summed E-state index contributed by atoms with van der Waals surface area (Å²) in [5.74, 6) is 1.77. The molecule has 0 aromatic carbocycles. The highest BCUT2D eigenvalue weighted by Gasteiger charge is 2.22. The molecule has 0 atom stereocenters.